The lowest BCUT2D eigenvalue weighted by molar-refractivity contribution is -0.145. The van der Waals surface area contributed by atoms with Crippen LogP contribution >= 0.6 is 0 Å². The molecule has 0 saturated heterocycles. The number of amides is 1. The van der Waals surface area contributed by atoms with Gasteiger partial charge in [0.15, 0.2) is 0 Å². The normalized spacial score (nSPS) is 12.9. The average molecular weight is 460 g/mol. The van der Waals surface area contributed by atoms with Crippen LogP contribution < -0.4 is 15.5 Å². The van der Waals surface area contributed by atoms with E-state index in [0.29, 0.717) is 29.2 Å². The highest BCUT2D eigenvalue weighted by atomic mass is 19.3. The first-order valence-corrected chi connectivity index (χ1v) is 10.3. The third-order valence-corrected chi connectivity index (χ3v) is 5.04. The van der Waals surface area contributed by atoms with Gasteiger partial charge in [0.2, 0.25) is 0 Å². The van der Waals surface area contributed by atoms with Crippen LogP contribution in [0.2, 0.25) is 0 Å². The summed E-state index contributed by atoms with van der Waals surface area (Å²) in [6.07, 6.45) is -1.08. The van der Waals surface area contributed by atoms with E-state index in [4.69, 9.17) is 20.0 Å². The number of ether oxygens (including phenoxy) is 2. The monoisotopic (exact) mass is 460 g/mol. The van der Waals surface area contributed by atoms with Crippen LogP contribution in [0.3, 0.4) is 0 Å². The molecule has 8 nitrogen and oxygen atoms in total. The fraction of sp³-hybridized carbons (Fsp3) is 0.304. The van der Waals surface area contributed by atoms with Gasteiger partial charge in [0.1, 0.15) is 11.9 Å². The second-order valence-corrected chi connectivity index (χ2v) is 7.29. The Morgan fingerprint density at radius 3 is 2.48 bits per heavy atom. The SMILES string of the molecule is COc1ccccc1-c1cc(C(CC[C@@H](C)N(OC(F)F)c2ccccc2)OC(N)=O)[nH]n1. The number of H-pyrrole nitrogens is 1. The van der Waals surface area contributed by atoms with Gasteiger partial charge in [-0.3, -0.25) is 5.10 Å². The van der Waals surface area contributed by atoms with Gasteiger partial charge in [-0.05, 0) is 50.1 Å². The number of alkyl halides is 2. The second-order valence-electron chi connectivity index (χ2n) is 7.29. The van der Waals surface area contributed by atoms with Crippen LogP contribution in [-0.2, 0) is 9.57 Å². The Morgan fingerprint density at radius 2 is 1.82 bits per heavy atom. The van der Waals surface area contributed by atoms with Gasteiger partial charge in [0, 0.05) is 5.56 Å². The third-order valence-electron chi connectivity index (χ3n) is 5.04. The molecule has 0 bridgehead atoms. The zero-order valence-electron chi connectivity index (χ0n) is 18.3. The number of hydrogen-bond donors (Lipinski definition) is 2. The largest absolute Gasteiger partial charge is 0.496 e. The molecular weight excluding hydrogens is 434 g/mol. The molecule has 0 aliphatic carbocycles. The van der Waals surface area contributed by atoms with Gasteiger partial charge < -0.3 is 15.2 Å². The number of methoxy groups -OCH3 is 1. The zero-order chi connectivity index (χ0) is 23.8. The van der Waals surface area contributed by atoms with Crippen molar-refractivity contribution in [1.29, 1.82) is 0 Å². The Morgan fingerprint density at radius 1 is 1.12 bits per heavy atom. The van der Waals surface area contributed by atoms with Crippen LogP contribution in [0, 0.1) is 0 Å². The number of nitrogens with two attached hydrogens (primary N) is 1. The summed E-state index contributed by atoms with van der Waals surface area (Å²) in [4.78, 5) is 16.3. The maximum atomic E-state index is 13.0. The summed E-state index contributed by atoms with van der Waals surface area (Å²) in [6.45, 7) is -1.24. The maximum absolute atomic E-state index is 13.0. The van der Waals surface area contributed by atoms with Crippen molar-refractivity contribution < 1.29 is 27.9 Å². The van der Waals surface area contributed by atoms with Crippen LogP contribution in [0.5, 0.6) is 5.75 Å². The number of carbonyl (C=O) groups excluding carboxylic acids is 1. The van der Waals surface area contributed by atoms with E-state index in [1.165, 1.54) is 0 Å². The molecule has 1 heterocycles. The Kier molecular flexibility index (Phi) is 8.20. The number of anilines is 1. The van der Waals surface area contributed by atoms with Gasteiger partial charge in [-0.2, -0.15) is 13.9 Å². The van der Waals surface area contributed by atoms with Crippen molar-refractivity contribution in [2.75, 3.05) is 12.2 Å². The molecule has 0 aliphatic heterocycles. The highest BCUT2D eigenvalue weighted by Gasteiger charge is 2.24. The number of aromatic amines is 1. The zero-order valence-corrected chi connectivity index (χ0v) is 18.3. The molecule has 1 amide bonds. The summed E-state index contributed by atoms with van der Waals surface area (Å²) in [5.74, 6) is 0.638. The van der Waals surface area contributed by atoms with Crippen molar-refractivity contribution in [3.05, 3.63) is 66.4 Å². The van der Waals surface area contributed by atoms with Crippen molar-refractivity contribution in [1.82, 2.24) is 10.2 Å². The molecule has 3 aromatic rings. The summed E-state index contributed by atoms with van der Waals surface area (Å²) >= 11 is 0. The highest BCUT2D eigenvalue weighted by molar-refractivity contribution is 5.68. The molecule has 1 unspecified atom stereocenters. The van der Waals surface area contributed by atoms with E-state index in [-0.39, 0.29) is 6.42 Å². The van der Waals surface area contributed by atoms with Gasteiger partial charge in [0.05, 0.1) is 30.2 Å². The predicted molar refractivity (Wildman–Crippen MR) is 119 cm³/mol. The van der Waals surface area contributed by atoms with E-state index in [2.05, 4.69) is 10.2 Å². The quantitative estimate of drug-likeness (QED) is 0.388. The van der Waals surface area contributed by atoms with Gasteiger partial charge in [-0.1, -0.05) is 30.3 Å². The van der Waals surface area contributed by atoms with Gasteiger partial charge >= 0.3 is 12.7 Å². The van der Waals surface area contributed by atoms with E-state index in [1.54, 1.807) is 50.4 Å². The van der Waals surface area contributed by atoms with E-state index >= 15 is 0 Å². The summed E-state index contributed by atoms with van der Waals surface area (Å²) in [5.41, 5.74) is 7.62. The van der Waals surface area contributed by atoms with Crippen molar-refractivity contribution in [3.63, 3.8) is 0 Å². The standard InChI is InChI=1S/C23H26F2N4O4/c1-15(29(33-22(24)25)16-8-4-3-5-9-16)12-13-21(32-23(26)30)19-14-18(27-28-19)17-10-6-7-11-20(17)31-2/h3-11,14-15,21-22H,12-13H2,1-2H3,(H2,26,30)(H,27,28)/t15-,21?/m1/s1. The molecule has 3 N–H and O–H groups in total. The first kappa shape index (κ1) is 24.0. The molecule has 176 valence electrons. The number of hydrogen-bond acceptors (Lipinski definition) is 6. The van der Waals surface area contributed by atoms with Crippen LogP contribution in [0.4, 0.5) is 19.3 Å². The number of halogens is 2. The molecule has 0 radical (unpaired) electrons. The number of primary amides is 1. The summed E-state index contributed by atoms with van der Waals surface area (Å²) < 4.78 is 36.7. The Labute approximate surface area is 190 Å². The molecule has 2 atom stereocenters. The smallest absolute Gasteiger partial charge is 0.405 e. The van der Waals surface area contributed by atoms with Crippen LogP contribution in [-0.4, -0.2) is 36.1 Å². The lowest BCUT2D eigenvalue weighted by atomic mass is 10.0. The number of rotatable bonds is 11. The number of nitrogens with one attached hydrogen (secondary N) is 1. The molecule has 0 saturated carbocycles. The molecular formula is C23H26F2N4O4. The summed E-state index contributed by atoms with van der Waals surface area (Å²) in [5, 5.41) is 8.33. The topological polar surface area (TPSA) is 103 Å². The number of para-hydroxylation sites is 2. The van der Waals surface area contributed by atoms with E-state index in [0.717, 1.165) is 10.6 Å². The van der Waals surface area contributed by atoms with Crippen molar-refractivity contribution in [2.45, 2.75) is 38.5 Å². The van der Waals surface area contributed by atoms with Gasteiger partial charge in [-0.25, -0.2) is 14.7 Å². The van der Waals surface area contributed by atoms with E-state index in [9.17, 15) is 13.6 Å². The number of hydroxylamine groups is 1. The van der Waals surface area contributed by atoms with Gasteiger partial charge in [-0.15, -0.1) is 0 Å². The maximum Gasteiger partial charge on any atom is 0.405 e. The minimum Gasteiger partial charge on any atom is -0.496 e. The summed E-state index contributed by atoms with van der Waals surface area (Å²) in [6, 6.07) is 17.2. The second kappa shape index (κ2) is 11.3. The number of aromatic nitrogens is 2. The minimum absolute atomic E-state index is 0.285. The molecule has 0 spiro atoms. The Balaban J connectivity index is 1.77. The van der Waals surface area contributed by atoms with Crippen molar-refractivity contribution in [2.24, 2.45) is 5.73 Å². The third kappa shape index (κ3) is 6.42. The van der Waals surface area contributed by atoms with Crippen LogP contribution in [0.1, 0.15) is 31.6 Å². The predicted octanol–water partition coefficient (Wildman–Crippen LogP) is 5.05. The van der Waals surface area contributed by atoms with E-state index < -0.39 is 24.9 Å². The molecule has 3 rings (SSSR count). The number of carbonyl (C=O) groups is 1. The van der Waals surface area contributed by atoms with E-state index in [1.807, 2.05) is 24.3 Å². The Hall–Kier alpha value is -3.66. The average Bonchev–Trinajstić information content (AvgIpc) is 3.30. The number of benzene rings is 2. The molecule has 0 fully saturated rings. The minimum atomic E-state index is -2.98. The van der Waals surface area contributed by atoms with Crippen LogP contribution in [0.25, 0.3) is 11.3 Å². The highest BCUT2D eigenvalue weighted by Crippen LogP contribution is 2.32. The lowest BCUT2D eigenvalue weighted by Gasteiger charge is -2.30. The van der Waals surface area contributed by atoms with Crippen molar-refractivity contribution in [3.8, 4) is 17.0 Å². The molecule has 1 aromatic heterocycles. The first-order valence-electron chi connectivity index (χ1n) is 10.3. The number of nitrogens with zero attached hydrogens (tertiary/aromatic N) is 2. The fourth-order valence-corrected chi connectivity index (χ4v) is 3.50. The van der Waals surface area contributed by atoms with Crippen molar-refractivity contribution >= 4 is 11.8 Å². The molecule has 10 heteroatoms. The molecule has 2 aromatic carbocycles. The van der Waals surface area contributed by atoms with Crippen LogP contribution in [0.15, 0.2) is 60.7 Å². The molecule has 0 aliphatic rings. The molecule has 33 heavy (non-hydrogen) atoms. The lowest BCUT2D eigenvalue weighted by Crippen LogP contribution is -2.35. The summed E-state index contributed by atoms with van der Waals surface area (Å²) in [7, 11) is 1.56. The van der Waals surface area contributed by atoms with Gasteiger partial charge in [0.25, 0.3) is 0 Å². The fourth-order valence-electron chi connectivity index (χ4n) is 3.50. The first-order chi connectivity index (χ1) is 15.9. The Bertz CT molecular complexity index is 1030.